The second kappa shape index (κ2) is 20.6. The summed E-state index contributed by atoms with van der Waals surface area (Å²) in [6, 6.07) is 15.4. The molecule has 1 N–H and O–H groups in total. The third-order valence-corrected chi connectivity index (χ3v) is 7.56. The van der Waals surface area contributed by atoms with Crippen molar-refractivity contribution in [3.63, 3.8) is 0 Å². The first kappa shape index (κ1) is 36.9. The van der Waals surface area contributed by atoms with E-state index in [2.05, 4.69) is 18.7 Å². The number of methoxy groups -OCH3 is 2. The van der Waals surface area contributed by atoms with E-state index in [1.54, 1.807) is 20.3 Å². The van der Waals surface area contributed by atoms with Crippen molar-refractivity contribution in [3.05, 3.63) is 107 Å². The van der Waals surface area contributed by atoms with E-state index in [-0.39, 0.29) is 31.7 Å². The first-order valence-electron chi connectivity index (χ1n) is 15.8. The maximum Gasteiger partial charge on any atom is 0.147 e. The van der Waals surface area contributed by atoms with Gasteiger partial charge in [0.05, 0.1) is 58.5 Å². The molecule has 0 aromatic heterocycles. The highest BCUT2D eigenvalue weighted by Gasteiger charge is 2.23. The molecule has 1 aliphatic heterocycles. The smallest absolute Gasteiger partial charge is 0.147 e. The van der Waals surface area contributed by atoms with Crippen molar-refractivity contribution in [1.29, 1.82) is 0 Å². The summed E-state index contributed by atoms with van der Waals surface area (Å²) in [6.45, 7) is 9.40. The lowest BCUT2D eigenvalue weighted by atomic mass is 9.95. The number of hydrogen-bond acceptors (Lipinski definition) is 8. The molecule has 250 valence electrons. The Labute approximate surface area is 274 Å². The van der Waals surface area contributed by atoms with Crippen molar-refractivity contribution in [1.82, 2.24) is 0 Å². The molecule has 46 heavy (non-hydrogen) atoms. The lowest BCUT2D eigenvalue weighted by molar-refractivity contribution is -0.104. The summed E-state index contributed by atoms with van der Waals surface area (Å²) in [5.74, 6) is 1.60. The fraction of sp³-hybridized carbons (Fsp3) is 0.447. The van der Waals surface area contributed by atoms with Crippen LogP contribution < -0.4 is 9.47 Å². The van der Waals surface area contributed by atoms with Crippen molar-refractivity contribution >= 4 is 6.29 Å². The molecule has 0 radical (unpaired) electrons. The Morgan fingerprint density at radius 3 is 2.17 bits per heavy atom. The summed E-state index contributed by atoms with van der Waals surface area (Å²) >= 11 is 0. The first-order chi connectivity index (χ1) is 22.3. The Hall–Kier alpha value is -3.53. The van der Waals surface area contributed by atoms with Crippen LogP contribution in [0, 0.1) is 0 Å². The summed E-state index contributed by atoms with van der Waals surface area (Å²) in [6.07, 6.45) is 10.9. The van der Waals surface area contributed by atoms with Crippen molar-refractivity contribution in [3.8, 4) is 11.5 Å². The minimum Gasteiger partial charge on any atom is -0.497 e. The lowest BCUT2D eigenvalue weighted by Crippen LogP contribution is -2.27. The maximum absolute atomic E-state index is 11.0. The number of carbonyl (C=O) groups is 1. The van der Waals surface area contributed by atoms with Crippen LogP contribution in [0.2, 0.25) is 0 Å². The highest BCUT2D eigenvalue weighted by Crippen LogP contribution is 2.27. The topological polar surface area (TPSA) is 92.7 Å². The van der Waals surface area contributed by atoms with Gasteiger partial charge in [0.15, 0.2) is 0 Å². The van der Waals surface area contributed by atoms with Gasteiger partial charge in [-0.25, -0.2) is 0 Å². The molecule has 2 aromatic rings. The number of rotatable bonds is 20. The molecular formula is C38H50O8. The predicted molar refractivity (Wildman–Crippen MR) is 180 cm³/mol. The van der Waals surface area contributed by atoms with Gasteiger partial charge >= 0.3 is 0 Å². The number of benzene rings is 2. The highest BCUT2D eigenvalue weighted by molar-refractivity contribution is 5.65. The van der Waals surface area contributed by atoms with Crippen molar-refractivity contribution in [2.24, 2.45) is 0 Å². The van der Waals surface area contributed by atoms with E-state index >= 15 is 0 Å². The molecule has 0 bridgehead atoms. The minimum atomic E-state index is -0.603. The molecule has 0 unspecified atom stereocenters. The standard InChI is InChI=1S/C38H50O8/c1-28(17-18-39)20-36(45-27-44-25-32-11-15-35(42-5)16-12-32)7-6-8-37-21-30(3)23-38(46-37)22-29(2)19-33(40)26-43-24-31-9-13-34(41-4)14-10-31/h6-7,9-18,22,33,36-38,40H,3,8,19-21,23-27H2,1-2,4-5H3/b7-6+,28-17-,29-22+/t33-,36-,37-,38+/m1/s1. The van der Waals surface area contributed by atoms with Crippen LogP contribution in [0.15, 0.2) is 96.1 Å². The zero-order chi connectivity index (χ0) is 33.1. The van der Waals surface area contributed by atoms with Gasteiger partial charge in [0, 0.05) is 0 Å². The summed E-state index contributed by atoms with van der Waals surface area (Å²) in [4.78, 5) is 11.0. The Morgan fingerprint density at radius 2 is 1.57 bits per heavy atom. The fourth-order valence-corrected chi connectivity index (χ4v) is 5.20. The van der Waals surface area contributed by atoms with E-state index in [9.17, 15) is 9.90 Å². The van der Waals surface area contributed by atoms with Gasteiger partial charge < -0.3 is 33.5 Å². The van der Waals surface area contributed by atoms with E-state index in [1.807, 2.05) is 68.5 Å². The van der Waals surface area contributed by atoms with E-state index in [1.165, 1.54) is 0 Å². The van der Waals surface area contributed by atoms with Crippen LogP contribution in [0.3, 0.4) is 0 Å². The van der Waals surface area contributed by atoms with Gasteiger partial charge in [-0.2, -0.15) is 0 Å². The molecular weight excluding hydrogens is 584 g/mol. The summed E-state index contributed by atoms with van der Waals surface area (Å²) in [7, 11) is 3.28. The van der Waals surface area contributed by atoms with Crippen molar-refractivity contribution in [2.75, 3.05) is 27.6 Å². The third kappa shape index (κ3) is 14.3. The fourth-order valence-electron chi connectivity index (χ4n) is 5.20. The molecule has 1 aliphatic rings. The zero-order valence-corrected chi connectivity index (χ0v) is 27.7. The molecule has 8 heteroatoms. The SMILES string of the molecule is C=C1C[C@@H](C/C=C/[C@H](C/C(C)=C\C=O)OCOCc2ccc(OC)cc2)O[C@@H](/C=C(\C)C[C@@H](O)COCc2ccc(OC)cc2)C1. The number of aldehydes is 1. The number of aliphatic hydroxyl groups excluding tert-OH is 1. The molecule has 0 saturated carbocycles. The van der Waals surface area contributed by atoms with E-state index < -0.39 is 6.10 Å². The molecule has 2 aromatic carbocycles. The van der Waals surface area contributed by atoms with Gasteiger partial charge in [0.1, 0.15) is 24.6 Å². The Kier molecular flexibility index (Phi) is 16.5. The maximum atomic E-state index is 11.0. The second-order valence-electron chi connectivity index (χ2n) is 11.7. The Balaban J connectivity index is 1.45. The van der Waals surface area contributed by atoms with Crippen LogP contribution in [0.1, 0.15) is 57.1 Å². The normalized spacial score (nSPS) is 18.8. The van der Waals surface area contributed by atoms with Gasteiger partial charge in [-0.15, -0.1) is 0 Å². The second-order valence-corrected chi connectivity index (χ2v) is 11.7. The van der Waals surface area contributed by atoms with Gasteiger partial charge in [-0.3, -0.25) is 4.79 Å². The summed E-state index contributed by atoms with van der Waals surface area (Å²) in [5, 5.41) is 10.5. The van der Waals surface area contributed by atoms with Gasteiger partial charge in [0.2, 0.25) is 0 Å². The van der Waals surface area contributed by atoms with E-state index in [0.29, 0.717) is 32.5 Å². The van der Waals surface area contributed by atoms with Crippen LogP contribution in [-0.2, 0) is 37.0 Å². The van der Waals surface area contributed by atoms with E-state index in [4.69, 9.17) is 28.4 Å². The first-order valence-corrected chi connectivity index (χ1v) is 15.8. The Bertz CT molecular complexity index is 1280. The van der Waals surface area contributed by atoms with Crippen molar-refractivity contribution < 1.29 is 38.3 Å². The van der Waals surface area contributed by atoms with Gasteiger partial charge in [-0.1, -0.05) is 65.8 Å². The average molecular weight is 635 g/mol. The lowest BCUT2D eigenvalue weighted by Gasteiger charge is -2.30. The van der Waals surface area contributed by atoms with Crippen LogP contribution in [0.4, 0.5) is 0 Å². The zero-order valence-electron chi connectivity index (χ0n) is 27.7. The molecule has 4 atom stereocenters. The molecule has 0 aliphatic carbocycles. The quantitative estimate of drug-likeness (QED) is 0.0544. The number of allylic oxidation sites excluding steroid dienone is 1. The molecule has 3 rings (SSSR count). The van der Waals surface area contributed by atoms with Crippen LogP contribution in [-0.4, -0.2) is 63.4 Å². The molecule has 1 saturated heterocycles. The minimum absolute atomic E-state index is 0.0112. The third-order valence-electron chi connectivity index (χ3n) is 7.56. The summed E-state index contributed by atoms with van der Waals surface area (Å²) in [5.41, 5.74) is 5.17. The van der Waals surface area contributed by atoms with Crippen molar-refractivity contribution in [2.45, 2.75) is 83.6 Å². The molecule has 1 fully saturated rings. The molecule has 1 heterocycles. The van der Waals surface area contributed by atoms with E-state index in [0.717, 1.165) is 58.5 Å². The monoisotopic (exact) mass is 634 g/mol. The summed E-state index contributed by atoms with van der Waals surface area (Å²) < 4.78 is 34.3. The number of carbonyl (C=O) groups excluding carboxylic acids is 1. The number of hydrogen-bond donors (Lipinski definition) is 1. The number of ether oxygens (including phenoxy) is 6. The highest BCUT2D eigenvalue weighted by atomic mass is 16.7. The predicted octanol–water partition coefficient (Wildman–Crippen LogP) is 7.06. The van der Waals surface area contributed by atoms with Crippen LogP contribution >= 0.6 is 0 Å². The average Bonchev–Trinajstić information content (AvgIpc) is 3.03. The largest absolute Gasteiger partial charge is 0.497 e. The molecule has 0 amide bonds. The molecule has 8 nitrogen and oxygen atoms in total. The molecule has 0 spiro atoms. The van der Waals surface area contributed by atoms with Crippen LogP contribution in [0.25, 0.3) is 0 Å². The number of aliphatic hydroxyl groups is 1. The van der Waals surface area contributed by atoms with Gasteiger partial charge in [0.25, 0.3) is 0 Å². The van der Waals surface area contributed by atoms with Gasteiger partial charge in [-0.05, 0) is 87.4 Å². The van der Waals surface area contributed by atoms with Crippen LogP contribution in [0.5, 0.6) is 11.5 Å². The Morgan fingerprint density at radius 1 is 0.935 bits per heavy atom.